The molecule has 0 heterocycles. The van der Waals surface area contributed by atoms with Gasteiger partial charge in [-0.25, -0.2) is 10.6 Å². The average molecular weight is 291 g/mol. The molecule has 0 unspecified atom stereocenters. The third-order valence-electron chi connectivity index (χ3n) is 3.32. The molecule has 1 aliphatic rings. The summed E-state index contributed by atoms with van der Waals surface area (Å²) in [5.74, 6) is 4.75. The van der Waals surface area contributed by atoms with Crippen molar-refractivity contribution in [1.82, 2.24) is 10.7 Å². The third-order valence-corrected chi connectivity index (χ3v) is 3.32. The lowest BCUT2D eigenvalue weighted by Gasteiger charge is -2.23. The Kier molecular flexibility index (Phi) is 3.91. The van der Waals surface area contributed by atoms with Crippen LogP contribution in [0.4, 0.5) is 4.79 Å². The summed E-state index contributed by atoms with van der Waals surface area (Å²) in [5, 5.41) is 2.92. The van der Waals surface area contributed by atoms with E-state index in [1.165, 1.54) is 0 Å². The van der Waals surface area contributed by atoms with Gasteiger partial charge in [0.2, 0.25) is 0 Å². The topological polar surface area (TPSA) is 93.4 Å². The van der Waals surface area contributed by atoms with Gasteiger partial charge in [-0.3, -0.25) is 10.2 Å². The first-order chi connectivity index (χ1) is 9.76. The molecule has 0 atom stereocenters. The Balaban J connectivity index is 2.07. The van der Waals surface area contributed by atoms with Crippen molar-refractivity contribution in [3.63, 3.8) is 0 Å². The molecule has 0 radical (unpaired) electrons. The largest absolute Gasteiger partial charge is 0.444 e. The fourth-order valence-corrected chi connectivity index (χ4v) is 2.13. The number of carbonyl (C=O) groups excluding carboxylic acids is 2. The van der Waals surface area contributed by atoms with Crippen LogP contribution in [0.25, 0.3) is 0 Å². The maximum Gasteiger partial charge on any atom is 0.408 e. The van der Waals surface area contributed by atoms with E-state index in [2.05, 4.69) is 10.7 Å². The third kappa shape index (κ3) is 3.72. The highest BCUT2D eigenvalue weighted by Crippen LogP contribution is 2.45. The van der Waals surface area contributed by atoms with Gasteiger partial charge in [0.25, 0.3) is 5.91 Å². The molecule has 6 heteroatoms. The minimum atomic E-state index is -0.525. The van der Waals surface area contributed by atoms with Crippen molar-refractivity contribution in [2.24, 2.45) is 5.84 Å². The van der Waals surface area contributed by atoms with Crippen LogP contribution in [-0.2, 0) is 10.3 Å². The number of hydrogen-bond acceptors (Lipinski definition) is 4. The molecular formula is C15H21N3O3. The molecule has 0 bridgehead atoms. The molecular weight excluding hydrogens is 270 g/mol. The molecule has 21 heavy (non-hydrogen) atoms. The molecule has 1 aromatic rings. The zero-order valence-corrected chi connectivity index (χ0v) is 12.5. The van der Waals surface area contributed by atoms with Gasteiger partial charge in [0.05, 0.1) is 5.54 Å². The van der Waals surface area contributed by atoms with Crippen molar-refractivity contribution in [2.45, 2.75) is 44.8 Å². The molecule has 114 valence electrons. The van der Waals surface area contributed by atoms with E-state index < -0.39 is 11.7 Å². The zero-order chi connectivity index (χ0) is 15.7. The van der Waals surface area contributed by atoms with Crippen LogP contribution in [-0.4, -0.2) is 17.6 Å². The highest BCUT2D eigenvalue weighted by atomic mass is 16.6. The van der Waals surface area contributed by atoms with E-state index in [9.17, 15) is 9.59 Å². The standard InChI is InChI=1S/C15H21N3O3/c1-14(2,3)21-13(20)17-15(8-9-15)11-6-4-10(5-7-11)12(19)18-16/h4-7H,8-9,16H2,1-3H3,(H,17,20)(H,18,19). The predicted octanol–water partition coefficient (Wildman–Crippen LogP) is 1.80. The number of ether oxygens (including phenoxy) is 1. The zero-order valence-electron chi connectivity index (χ0n) is 12.5. The fraction of sp³-hybridized carbons (Fsp3) is 0.467. The number of nitrogens with two attached hydrogens (primary N) is 1. The summed E-state index contributed by atoms with van der Waals surface area (Å²) in [4.78, 5) is 23.3. The Hall–Kier alpha value is -2.08. The summed E-state index contributed by atoms with van der Waals surface area (Å²) >= 11 is 0. The molecule has 2 rings (SSSR count). The molecule has 4 N–H and O–H groups in total. The first-order valence-electron chi connectivity index (χ1n) is 6.88. The number of nitrogens with one attached hydrogen (secondary N) is 2. The molecule has 0 spiro atoms. The number of hydrogen-bond donors (Lipinski definition) is 3. The highest BCUT2D eigenvalue weighted by Gasteiger charge is 2.46. The van der Waals surface area contributed by atoms with Crippen LogP contribution >= 0.6 is 0 Å². The first kappa shape index (κ1) is 15.3. The molecule has 0 saturated heterocycles. The van der Waals surface area contributed by atoms with Gasteiger partial charge >= 0.3 is 6.09 Å². The number of alkyl carbamates (subject to hydrolysis) is 1. The molecule has 1 saturated carbocycles. The van der Waals surface area contributed by atoms with Gasteiger partial charge < -0.3 is 10.1 Å². The highest BCUT2D eigenvalue weighted by molar-refractivity contribution is 5.93. The van der Waals surface area contributed by atoms with Crippen molar-refractivity contribution in [1.29, 1.82) is 0 Å². The van der Waals surface area contributed by atoms with E-state index in [-0.39, 0.29) is 11.4 Å². The number of carbonyl (C=O) groups is 2. The van der Waals surface area contributed by atoms with Crippen LogP contribution in [0.3, 0.4) is 0 Å². The van der Waals surface area contributed by atoms with Crippen molar-refractivity contribution >= 4 is 12.0 Å². The van der Waals surface area contributed by atoms with Gasteiger partial charge in [-0.1, -0.05) is 12.1 Å². The van der Waals surface area contributed by atoms with Crippen LogP contribution in [0.1, 0.15) is 49.5 Å². The minimum Gasteiger partial charge on any atom is -0.444 e. The smallest absolute Gasteiger partial charge is 0.408 e. The normalized spacial score (nSPS) is 16.0. The van der Waals surface area contributed by atoms with E-state index in [0.29, 0.717) is 5.56 Å². The lowest BCUT2D eigenvalue weighted by Crippen LogP contribution is -2.39. The van der Waals surface area contributed by atoms with Gasteiger partial charge in [0.1, 0.15) is 5.60 Å². The summed E-state index contributed by atoms with van der Waals surface area (Å²) in [7, 11) is 0. The van der Waals surface area contributed by atoms with Crippen molar-refractivity contribution in [3.8, 4) is 0 Å². The Bertz CT molecular complexity index is 542. The summed E-state index contributed by atoms with van der Waals surface area (Å²) in [6, 6.07) is 7.03. The second kappa shape index (κ2) is 5.37. The molecule has 6 nitrogen and oxygen atoms in total. The van der Waals surface area contributed by atoms with Gasteiger partial charge in [-0.2, -0.15) is 0 Å². The second-order valence-corrected chi connectivity index (χ2v) is 6.26. The lowest BCUT2D eigenvalue weighted by molar-refractivity contribution is 0.0495. The van der Waals surface area contributed by atoms with E-state index in [1.54, 1.807) is 12.1 Å². The van der Waals surface area contributed by atoms with E-state index in [0.717, 1.165) is 18.4 Å². The number of benzene rings is 1. The fourth-order valence-electron chi connectivity index (χ4n) is 2.13. The quantitative estimate of drug-likeness (QED) is 0.450. The Morgan fingerprint density at radius 1 is 1.19 bits per heavy atom. The van der Waals surface area contributed by atoms with Crippen LogP contribution in [0.15, 0.2) is 24.3 Å². The van der Waals surface area contributed by atoms with Crippen LogP contribution in [0, 0.1) is 0 Å². The number of nitrogen functional groups attached to an aromatic ring is 1. The average Bonchev–Trinajstić information content (AvgIpc) is 3.16. The Morgan fingerprint density at radius 3 is 2.19 bits per heavy atom. The Morgan fingerprint density at radius 2 is 1.76 bits per heavy atom. The molecule has 1 aromatic carbocycles. The van der Waals surface area contributed by atoms with Gasteiger partial charge in [0, 0.05) is 5.56 Å². The summed E-state index contributed by atoms with van der Waals surface area (Å²) in [5.41, 5.74) is 2.63. The summed E-state index contributed by atoms with van der Waals surface area (Å²) in [6.45, 7) is 5.48. The predicted molar refractivity (Wildman–Crippen MR) is 78.4 cm³/mol. The molecule has 1 fully saturated rings. The van der Waals surface area contributed by atoms with Crippen LogP contribution in [0.2, 0.25) is 0 Å². The van der Waals surface area contributed by atoms with Gasteiger partial charge in [-0.15, -0.1) is 0 Å². The maximum atomic E-state index is 11.9. The van der Waals surface area contributed by atoms with Crippen molar-refractivity contribution in [3.05, 3.63) is 35.4 Å². The maximum absolute atomic E-state index is 11.9. The molecule has 2 amide bonds. The van der Waals surface area contributed by atoms with Crippen LogP contribution in [0.5, 0.6) is 0 Å². The van der Waals surface area contributed by atoms with E-state index >= 15 is 0 Å². The number of rotatable bonds is 3. The number of amides is 2. The number of hydrazine groups is 1. The van der Waals surface area contributed by atoms with Crippen molar-refractivity contribution < 1.29 is 14.3 Å². The minimum absolute atomic E-state index is 0.341. The molecule has 1 aliphatic carbocycles. The van der Waals surface area contributed by atoms with Gasteiger partial charge in [0.15, 0.2) is 0 Å². The van der Waals surface area contributed by atoms with E-state index in [1.807, 2.05) is 32.9 Å². The van der Waals surface area contributed by atoms with E-state index in [4.69, 9.17) is 10.6 Å². The van der Waals surface area contributed by atoms with Crippen LogP contribution < -0.4 is 16.6 Å². The summed E-state index contributed by atoms with van der Waals surface area (Å²) in [6.07, 6.45) is 1.28. The Labute approximate surface area is 124 Å². The molecule has 0 aromatic heterocycles. The second-order valence-electron chi connectivity index (χ2n) is 6.26. The van der Waals surface area contributed by atoms with Crippen molar-refractivity contribution in [2.75, 3.05) is 0 Å². The first-order valence-corrected chi connectivity index (χ1v) is 6.88. The van der Waals surface area contributed by atoms with Gasteiger partial charge in [-0.05, 0) is 51.3 Å². The summed E-state index contributed by atoms with van der Waals surface area (Å²) < 4.78 is 5.28. The monoisotopic (exact) mass is 291 g/mol. The SMILES string of the molecule is CC(C)(C)OC(=O)NC1(c2ccc(C(=O)NN)cc2)CC1. The molecule has 0 aliphatic heterocycles. The lowest BCUT2D eigenvalue weighted by atomic mass is 10.0.